The van der Waals surface area contributed by atoms with Gasteiger partial charge in [0, 0.05) is 10.2 Å². The number of nitrogens with zero attached hydrogens (tertiary/aromatic N) is 1. The Bertz CT molecular complexity index is 588. The van der Waals surface area contributed by atoms with Gasteiger partial charge in [-0.3, -0.25) is 14.9 Å². The number of carbonyl (C=O) groups excluding carboxylic acids is 2. The van der Waals surface area contributed by atoms with Crippen LogP contribution in [0.25, 0.3) is 0 Å². The van der Waals surface area contributed by atoms with Gasteiger partial charge in [-0.2, -0.15) is 0 Å². The maximum absolute atomic E-state index is 11.8. The van der Waals surface area contributed by atoms with Crippen molar-refractivity contribution < 1.29 is 19.5 Å². The molecule has 1 heterocycles. The number of benzene rings is 1. The molecule has 6 nitrogen and oxygen atoms in total. The number of imide groups is 1. The minimum Gasteiger partial charge on any atom is -0.478 e. The second-order valence-electron chi connectivity index (χ2n) is 4.43. The van der Waals surface area contributed by atoms with Crippen LogP contribution in [0.15, 0.2) is 22.7 Å². The molecule has 1 unspecified atom stereocenters. The van der Waals surface area contributed by atoms with Crippen molar-refractivity contribution in [1.29, 1.82) is 0 Å². The zero-order chi connectivity index (χ0) is 14.9. The van der Waals surface area contributed by atoms with E-state index in [4.69, 9.17) is 5.11 Å². The molecule has 0 aromatic heterocycles. The van der Waals surface area contributed by atoms with Crippen LogP contribution in [0.1, 0.15) is 23.7 Å². The molecule has 2 amide bonds. The molecule has 0 radical (unpaired) electrons. The van der Waals surface area contributed by atoms with Gasteiger partial charge in [0.05, 0.1) is 12.1 Å². The minimum absolute atomic E-state index is 0.0725. The number of hydrogen-bond acceptors (Lipinski definition) is 4. The van der Waals surface area contributed by atoms with Gasteiger partial charge in [0.1, 0.15) is 6.04 Å². The van der Waals surface area contributed by atoms with E-state index in [0.717, 1.165) is 0 Å². The number of piperazine rings is 1. The summed E-state index contributed by atoms with van der Waals surface area (Å²) in [5, 5.41) is 11.3. The molecule has 0 aliphatic carbocycles. The van der Waals surface area contributed by atoms with Gasteiger partial charge in [-0.15, -0.1) is 0 Å². The predicted molar refractivity (Wildman–Crippen MR) is 75.7 cm³/mol. The average molecular weight is 341 g/mol. The zero-order valence-electron chi connectivity index (χ0n) is 10.7. The molecule has 1 aliphatic rings. The normalized spacial score (nSPS) is 18.9. The fourth-order valence-corrected chi connectivity index (χ4v) is 2.74. The number of carbonyl (C=O) groups is 3. The standard InChI is InChI=1S/C13H13BrN2O4/c1-2-10-12(18)15-11(17)6-16(10)7-3-4-8(13(19)20)9(14)5-7/h3-5,10H,2,6H2,1H3,(H,19,20)(H,15,17,18). The van der Waals surface area contributed by atoms with Crippen LogP contribution in [0.5, 0.6) is 0 Å². The second kappa shape index (κ2) is 5.62. The number of nitrogens with one attached hydrogen (secondary N) is 1. The average Bonchev–Trinajstić information content (AvgIpc) is 2.37. The molecule has 0 saturated carbocycles. The Kier molecular flexibility index (Phi) is 4.08. The van der Waals surface area contributed by atoms with E-state index in [1.54, 1.807) is 17.0 Å². The smallest absolute Gasteiger partial charge is 0.336 e. The van der Waals surface area contributed by atoms with Crippen molar-refractivity contribution in [2.75, 3.05) is 11.4 Å². The molecule has 2 rings (SSSR count). The molecule has 1 aromatic carbocycles. The van der Waals surface area contributed by atoms with Gasteiger partial charge in [0.25, 0.3) is 0 Å². The summed E-state index contributed by atoms with van der Waals surface area (Å²) in [4.78, 5) is 35.9. The summed E-state index contributed by atoms with van der Waals surface area (Å²) in [6.45, 7) is 1.93. The van der Waals surface area contributed by atoms with Crippen molar-refractivity contribution in [2.45, 2.75) is 19.4 Å². The summed E-state index contributed by atoms with van der Waals surface area (Å²) >= 11 is 3.19. The second-order valence-corrected chi connectivity index (χ2v) is 5.29. The Hall–Kier alpha value is -1.89. The molecule has 1 aliphatic heterocycles. The molecule has 1 saturated heterocycles. The largest absolute Gasteiger partial charge is 0.478 e. The monoisotopic (exact) mass is 340 g/mol. The van der Waals surface area contributed by atoms with Crippen LogP contribution in [0, 0.1) is 0 Å². The van der Waals surface area contributed by atoms with Crippen molar-refractivity contribution in [3.8, 4) is 0 Å². The lowest BCUT2D eigenvalue weighted by Crippen LogP contribution is -2.58. The van der Waals surface area contributed by atoms with E-state index < -0.39 is 12.0 Å². The highest BCUT2D eigenvalue weighted by molar-refractivity contribution is 9.10. The van der Waals surface area contributed by atoms with E-state index in [1.807, 2.05) is 6.92 Å². The number of amides is 2. The first-order chi connectivity index (χ1) is 9.43. The number of halogens is 1. The Morgan fingerprint density at radius 1 is 1.50 bits per heavy atom. The summed E-state index contributed by atoms with van der Waals surface area (Å²) in [7, 11) is 0. The van der Waals surface area contributed by atoms with E-state index >= 15 is 0 Å². The van der Waals surface area contributed by atoms with Gasteiger partial charge in [-0.05, 0) is 40.5 Å². The van der Waals surface area contributed by atoms with Crippen LogP contribution >= 0.6 is 15.9 Å². The number of hydrogen-bond donors (Lipinski definition) is 2. The van der Waals surface area contributed by atoms with E-state index in [9.17, 15) is 14.4 Å². The molecule has 2 N–H and O–H groups in total. The van der Waals surface area contributed by atoms with E-state index in [1.165, 1.54) is 6.07 Å². The Morgan fingerprint density at radius 3 is 2.75 bits per heavy atom. The van der Waals surface area contributed by atoms with Crippen LogP contribution in [-0.4, -0.2) is 35.5 Å². The summed E-state index contributed by atoms with van der Waals surface area (Å²) in [6.07, 6.45) is 0.553. The number of aromatic carboxylic acids is 1. The SMILES string of the molecule is CCC1C(=O)NC(=O)CN1c1ccc(C(=O)O)c(Br)c1. The summed E-state index contributed by atoms with van der Waals surface area (Å²) in [5.41, 5.74) is 0.770. The van der Waals surface area contributed by atoms with Gasteiger partial charge < -0.3 is 10.0 Å². The minimum atomic E-state index is -1.04. The van der Waals surface area contributed by atoms with Gasteiger partial charge in [0.15, 0.2) is 0 Å². The molecule has 0 spiro atoms. The third-order valence-electron chi connectivity index (χ3n) is 3.16. The highest BCUT2D eigenvalue weighted by Gasteiger charge is 2.32. The quantitative estimate of drug-likeness (QED) is 0.812. The number of carboxylic acids is 1. The molecule has 20 heavy (non-hydrogen) atoms. The van der Waals surface area contributed by atoms with Crippen LogP contribution in [0.4, 0.5) is 5.69 Å². The first kappa shape index (κ1) is 14.5. The van der Waals surface area contributed by atoms with E-state index in [0.29, 0.717) is 16.6 Å². The molecule has 1 aromatic rings. The molecule has 1 atom stereocenters. The van der Waals surface area contributed by atoms with Gasteiger partial charge in [-0.25, -0.2) is 4.79 Å². The van der Waals surface area contributed by atoms with Crippen molar-refractivity contribution in [2.24, 2.45) is 0 Å². The summed E-state index contributed by atoms with van der Waals surface area (Å²) in [5.74, 6) is -1.73. The third kappa shape index (κ3) is 2.67. The molecular formula is C13H13BrN2O4. The first-order valence-corrected chi connectivity index (χ1v) is 6.86. The Morgan fingerprint density at radius 2 is 2.20 bits per heavy atom. The molecule has 1 fully saturated rings. The van der Waals surface area contributed by atoms with Crippen molar-refractivity contribution >= 4 is 39.4 Å². The Labute approximate surface area is 123 Å². The van der Waals surface area contributed by atoms with E-state index in [-0.39, 0.29) is 23.9 Å². The van der Waals surface area contributed by atoms with Crippen molar-refractivity contribution in [1.82, 2.24) is 5.32 Å². The Balaban J connectivity index is 2.38. The maximum atomic E-state index is 11.8. The number of anilines is 1. The van der Waals surface area contributed by atoms with Crippen LogP contribution in [0.3, 0.4) is 0 Å². The number of rotatable bonds is 3. The van der Waals surface area contributed by atoms with Gasteiger partial charge in [0.2, 0.25) is 11.8 Å². The van der Waals surface area contributed by atoms with Crippen LogP contribution in [-0.2, 0) is 9.59 Å². The zero-order valence-corrected chi connectivity index (χ0v) is 12.3. The highest BCUT2D eigenvalue weighted by Crippen LogP contribution is 2.27. The fraction of sp³-hybridized carbons (Fsp3) is 0.308. The number of carboxylic acid groups (broad SMARTS) is 1. The lowest BCUT2D eigenvalue weighted by Gasteiger charge is -2.35. The van der Waals surface area contributed by atoms with Gasteiger partial charge in [-0.1, -0.05) is 6.92 Å². The third-order valence-corrected chi connectivity index (χ3v) is 3.81. The summed E-state index contributed by atoms with van der Waals surface area (Å²) in [6, 6.07) is 4.22. The maximum Gasteiger partial charge on any atom is 0.336 e. The van der Waals surface area contributed by atoms with Crippen molar-refractivity contribution in [3.05, 3.63) is 28.2 Å². The molecular weight excluding hydrogens is 328 g/mol. The highest BCUT2D eigenvalue weighted by atomic mass is 79.9. The lowest BCUT2D eigenvalue weighted by atomic mass is 10.1. The molecule has 7 heteroatoms. The fourth-order valence-electron chi connectivity index (χ4n) is 2.20. The summed E-state index contributed by atoms with van der Waals surface area (Å²) < 4.78 is 0.413. The topological polar surface area (TPSA) is 86.7 Å². The van der Waals surface area contributed by atoms with Crippen LogP contribution < -0.4 is 10.2 Å². The molecule has 0 bridgehead atoms. The first-order valence-electron chi connectivity index (χ1n) is 6.07. The lowest BCUT2D eigenvalue weighted by molar-refractivity contribution is -0.132. The molecule has 106 valence electrons. The van der Waals surface area contributed by atoms with Crippen molar-refractivity contribution in [3.63, 3.8) is 0 Å². The van der Waals surface area contributed by atoms with Gasteiger partial charge >= 0.3 is 5.97 Å². The predicted octanol–water partition coefficient (Wildman–Crippen LogP) is 1.39. The van der Waals surface area contributed by atoms with E-state index in [2.05, 4.69) is 21.2 Å². The van der Waals surface area contributed by atoms with Crippen LogP contribution in [0.2, 0.25) is 0 Å².